The average Bonchev–Trinajstić information content (AvgIpc) is 3.12. The van der Waals surface area contributed by atoms with Crippen molar-refractivity contribution in [2.45, 2.75) is 45.4 Å². The van der Waals surface area contributed by atoms with Gasteiger partial charge in [-0.05, 0) is 19.3 Å². The molecule has 1 aliphatic carbocycles. The molecule has 0 bridgehead atoms. The number of amides is 1. The number of nitrogens with one attached hydrogen (secondary N) is 1. The molecule has 0 saturated carbocycles. The van der Waals surface area contributed by atoms with Gasteiger partial charge in [0.15, 0.2) is 0 Å². The minimum Gasteiger partial charge on any atom is -0.384 e. The molecule has 2 aliphatic rings. The Hall–Kier alpha value is -1.36. The average molecular weight is 305 g/mol. The van der Waals surface area contributed by atoms with Crippen molar-refractivity contribution in [1.82, 2.24) is 14.9 Å². The summed E-state index contributed by atoms with van der Waals surface area (Å²) in [5.74, 6) is 2.42. The number of aromatic amines is 1. The Morgan fingerprint density at radius 1 is 1.45 bits per heavy atom. The molecule has 2 heterocycles. The van der Waals surface area contributed by atoms with E-state index in [0.717, 1.165) is 51.2 Å². The molecule has 1 aromatic heterocycles. The number of carbonyl (C=O) groups is 1. The second-order valence-corrected chi connectivity index (χ2v) is 7.04. The highest BCUT2D eigenvalue weighted by molar-refractivity contribution is 5.79. The molecule has 2 atom stereocenters. The van der Waals surface area contributed by atoms with Crippen molar-refractivity contribution in [3.05, 3.63) is 17.2 Å². The zero-order valence-electron chi connectivity index (χ0n) is 13.9. The number of carbonyl (C=O) groups excluding carboxylic acids is 1. The van der Waals surface area contributed by atoms with Crippen LogP contribution in [-0.2, 0) is 22.4 Å². The van der Waals surface area contributed by atoms with Crippen molar-refractivity contribution in [2.24, 2.45) is 11.8 Å². The van der Waals surface area contributed by atoms with Gasteiger partial charge in [0, 0.05) is 50.1 Å². The lowest BCUT2D eigenvalue weighted by molar-refractivity contribution is -0.135. The Morgan fingerprint density at radius 3 is 3.00 bits per heavy atom. The van der Waals surface area contributed by atoms with Crippen molar-refractivity contribution in [2.75, 3.05) is 26.8 Å². The molecule has 3 rings (SSSR count). The number of rotatable bonds is 4. The number of nitrogens with zero attached hydrogens (tertiary/aromatic N) is 2. The lowest BCUT2D eigenvalue weighted by atomic mass is 9.89. The fraction of sp³-hybridized carbons (Fsp3) is 0.765. The van der Waals surface area contributed by atoms with Crippen molar-refractivity contribution in [3.63, 3.8) is 0 Å². The Bertz CT molecular complexity index is 538. The Balaban J connectivity index is 1.63. The molecule has 0 unspecified atom stereocenters. The summed E-state index contributed by atoms with van der Waals surface area (Å²) in [6.07, 6.45) is 3.74. The lowest BCUT2D eigenvalue weighted by Gasteiger charge is -2.26. The van der Waals surface area contributed by atoms with Gasteiger partial charge < -0.3 is 14.6 Å². The molecule has 1 fully saturated rings. The smallest absolute Gasteiger partial charge is 0.226 e. The first-order chi connectivity index (χ1) is 10.6. The number of hydrogen-bond donors (Lipinski definition) is 1. The third kappa shape index (κ3) is 3.05. The molecule has 1 aliphatic heterocycles. The third-order valence-electron chi connectivity index (χ3n) is 4.96. The Labute approximate surface area is 132 Å². The van der Waals surface area contributed by atoms with Crippen molar-refractivity contribution in [3.8, 4) is 0 Å². The summed E-state index contributed by atoms with van der Waals surface area (Å²) in [7, 11) is 1.73. The van der Waals surface area contributed by atoms with E-state index in [0.29, 0.717) is 17.7 Å². The van der Waals surface area contributed by atoms with Crippen LogP contribution < -0.4 is 0 Å². The number of likely N-dealkylation sites (tertiary alicyclic amines) is 1. The van der Waals surface area contributed by atoms with Crippen LogP contribution in [0.3, 0.4) is 0 Å². The maximum absolute atomic E-state index is 12.8. The molecule has 22 heavy (non-hydrogen) atoms. The molecule has 0 spiro atoms. The van der Waals surface area contributed by atoms with E-state index >= 15 is 0 Å². The summed E-state index contributed by atoms with van der Waals surface area (Å²) in [6.45, 7) is 6.80. The van der Waals surface area contributed by atoms with E-state index in [2.05, 4.69) is 23.8 Å². The van der Waals surface area contributed by atoms with Crippen LogP contribution in [0, 0.1) is 11.8 Å². The fourth-order valence-corrected chi connectivity index (χ4v) is 3.65. The van der Waals surface area contributed by atoms with Crippen LogP contribution in [0.1, 0.15) is 49.8 Å². The normalized spacial score (nSPS) is 24.8. The van der Waals surface area contributed by atoms with Gasteiger partial charge in [-0.1, -0.05) is 13.8 Å². The van der Waals surface area contributed by atoms with Gasteiger partial charge in [0.05, 0.1) is 12.3 Å². The molecule has 122 valence electrons. The van der Waals surface area contributed by atoms with Crippen molar-refractivity contribution in [1.29, 1.82) is 0 Å². The van der Waals surface area contributed by atoms with Gasteiger partial charge in [-0.25, -0.2) is 4.98 Å². The number of hydrogen-bond acceptors (Lipinski definition) is 3. The number of fused-ring (bicyclic) bond motifs is 1. The second-order valence-electron chi connectivity index (χ2n) is 7.04. The Kier molecular flexibility index (Phi) is 4.52. The number of methoxy groups -OCH3 is 1. The zero-order chi connectivity index (χ0) is 15.7. The highest BCUT2D eigenvalue weighted by Crippen LogP contribution is 2.28. The summed E-state index contributed by atoms with van der Waals surface area (Å²) >= 11 is 0. The molecule has 0 radical (unpaired) electrons. The fourth-order valence-electron chi connectivity index (χ4n) is 3.65. The first-order valence-corrected chi connectivity index (χ1v) is 8.43. The molecule has 5 nitrogen and oxygen atoms in total. The zero-order valence-corrected chi connectivity index (χ0v) is 13.9. The van der Waals surface area contributed by atoms with Crippen molar-refractivity contribution < 1.29 is 9.53 Å². The number of ether oxygens (including phenoxy) is 1. The predicted molar refractivity (Wildman–Crippen MR) is 84.8 cm³/mol. The maximum Gasteiger partial charge on any atom is 0.226 e. The molecule has 1 amide bonds. The van der Waals surface area contributed by atoms with Gasteiger partial charge in [0.1, 0.15) is 5.82 Å². The number of aromatic nitrogens is 2. The van der Waals surface area contributed by atoms with Gasteiger partial charge in [-0.3, -0.25) is 4.79 Å². The Morgan fingerprint density at radius 2 is 2.27 bits per heavy atom. The maximum atomic E-state index is 12.8. The summed E-state index contributed by atoms with van der Waals surface area (Å²) in [5, 5.41) is 0. The van der Waals surface area contributed by atoms with E-state index in [4.69, 9.17) is 4.74 Å². The molecule has 1 aromatic rings. The van der Waals surface area contributed by atoms with Crippen LogP contribution in [0.15, 0.2) is 0 Å². The van der Waals surface area contributed by atoms with E-state index in [1.165, 1.54) is 11.4 Å². The lowest BCUT2D eigenvalue weighted by Crippen LogP contribution is -2.37. The van der Waals surface area contributed by atoms with E-state index < -0.39 is 0 Å². The number of aryl methyl sites for hydroxylation is 1. The molecule has 0 aromatic carbocycles. The molecule has 5 heteroatoms. The van der Waals surface area contributed by atoms with Crippen LogP contribution in [0.25, 0.3) is 0 Å². The van der Waals surface area contributed by atoms with Gasteiger partial charge in [0.25, 0.3) is 0 Å². The van der Waals surface area contributed by atoms with Crippen LogP contribution >= 0.6 is 0 Å². The minimum absolute atomic E-state index is 0.120. The van der Waals surface area contributed by atoms with Crippen LogP contribution in [0.4, 0.5) is 0 Å². The van der Waals surface area contributed by atoms with Crippen molar-refractivity contribution >= 4 is 5.91 Å². The molecule has 1 N–H and O–H groups in total. The van der Waals surface area contributed by atoms with Gasteiger partial charge in [-0.15, -0.1) is 0 Å². The first-order valence-electron chi connectivity index (χ1n) is 8.43. The van der Waals surface area contributed by atoms with Crippen LogP contribution in [-0.4, -0.2) is 47.6 Å². The van der Waals surface area contributed by atoms with E-state index in [-0.39, 0.29) is 5.92 Å². The second kappa shape index (κ2) is 6.41. The number of H-pyrrole nitrogens is 1. The van der Waals surface area contributed by atoms with E-state index in [1.807, 2.05) is 4.90 Å². The predicted octanol–water partition coefficient (Wildman–Crippen LogP) is 2.13. The van der Waals surface area contributed by atoms with Gasteiger partial charge in [-0.2, -0.15) is 0 Å². The van der Waals surface area contributed by atoms with Crippen LogP contribution in [0.2, 0.25) is 0 Å². The molecular formula is C17H27N3O2. The highest BCUT2D eigenvalue weighted by atomic mass is 16.5. The quantitative estimate of drug-likeness (QED) is 0.927. The van der Waals surface area contributed by atoms with E-state index in [9.17, 15) is 4.79 Å². The summed E-state index contributed by atoms with van der Waals surface area (Å²) in [4.78, 5) is 22.9. The highest BCUT2D eigenvalue weighted by Gasteiger charge is 2.33. The summed E-state index contributed by atoms with van der Waals surface area (Å²) < 4.78 is 5.22. The third-order valence-corrected chi connectivity index (χ3v) is 4.96. The number of imidazole rings is 1. The first kappa shape index (κ1) is 15.5. The molecule has 1 saturated heterocycles. The molecular weight excluding hydrogens is 278 g/mol. The van der Waals surface area contributed by atoms with E-state index in [1.54, 1.807) is 7.11 Å². The SMILES string of the molecule is COC[C@@H]1CCN(C(=O)[C@H]2CCc3nc(C(C)C)[nH]c3C2)C1. The summed E-state index contributed by atoms with van der Waals surface area (Å²) in [6, 6.07) is 0. The minimum atomic E-state index is 0.120. The van der Waals surface area contributed by atoms with Crippen LogP contribution in [0.5, 0.6) is 0 Å². The summed E-state index contributed by atoms with van der Waals surface area (Å²) in [5.41, 5.74) is 2.35. The van der Waals surface area contributed by atoms with Gasteiger partial charge in [0.2, 0.25) is 5.91 Å². The topological polar surface area (TPSA) is 58.2 Å². The standard InChI is InChI=1S/C17H27N3O2/c1-11(2)16-18-14-5-4-13(8-15(14)19-16)17(21)20-7-6-12(9-20)10-22-3/h11-13H,4-10H2,1-3H3,(H,18,19)/t12-,13+/m1/s1. The van der Waals surface area contributed by atoms with Gasteiger partial charge >= 0.3 is 0 Å². The monoisotopic (exact) mass is 305 g/mol. The largest absolute Gasteiger partial charge is 0.384 e.